The van der Waals surface area contributed by atoms with Crippen molar-refractivity contribution in [3.63, 3.8) is 0 Å². The van der Waals surface area contributed by atoms with Crippen LogP contribution in [0.5, 0.6) is 0 Å². The minimum atomic E-state index is -0.770. The molecule has 0 bridgehead atoms. The van der Waals surface area contributed by atoms with Crippen molar-refractivity contribution >= 4 is 23.3 Å². The first-order valence-electron chi connectivity index (χ1n) is 6.26. The lowest BCUT2D eigenvalue weighted by molar-refractivity contribution is -0.145. The number of carbonyl (C=O) groups is 2. The molecular weight excluding hydrogens is 276 g/mol. The molecule has 1 aromatic heterocycles. The Bertz CT molecular complexity index is 632. The predicted octanol–water partition coefficient (Wildman–Crippen LogP) is 2.89. The molecule has 20 heavy (non-hydrogen) atoms. The maximum absolute atomic E-state index is 12.2. The Morgan fingerprint density at radius 1 is 1.25 bits per heavy atom. The summed E-state index contributed by atoms with van der Waals surface area (Å²) in [5.41, 5.74) is 1.78. The van der Waals surface area contributed by atoms with Crippen molar-refractivity contribution < 1.29 is 19.1 Å². The second-order valence-electron chi connectivity index (χ2n) is 4.38. The summed E-state index contributed by atoms with van der Waals surface area (Å²) in [4.78, 5) is 24.0. The molecule has 1 aromatic carbocycles. The van der Waals surface area contributed by atoms with E-state index in [0.717, 1.165) is 11.1 Å². The molecule has 5 heteroatoms. The Hall–Kier alpha value is -2.14. The molecule has 0 aliphatic carbocycles. The molecule has 1 atom stereocenters. The molecular formula is C15H12O4S. The van der Waals surface area contributed by atoms with Gasteiger partial charge in [0.2, 0.25) is 6.10 Å². The van der Waals surface area contributed by atoms with Gasteiger partial charge in [-0.25, -0.2) is 9.59 Å². The molecule has 1 aliphatic heterocycles. The number of thiophene rings is 1. The molecule has 2 heterocycles. The van der Waals surface area contributed by atoms with Crippen molar-refractivity contribution in [2.75, 3.05) is 6.61 Å². The molecule has 0 amide bonds. The van der Waals surface area contributed by atoms with E-state index in [1.807, 2.05) is 41.8 Å². The molecule has 1 saturated heterocycles. The molecule has 0 radical (unpaired) electrons. The van der Waals surface area contributed by atoms with Crippen LogP contribution in [0.25, 0.3) is 11.1 Å². The SMILES string of the molecule is O=C(OC1CCOC1=O)c1sccc1-c1ccccc1. The standard InChI is InChI=1S/C15H12O4S/c16-14-12(6-8-18-14)19-15(17)13-11(7-9-20-13)10-4-2-1-3-5-10/h1-5,7,9,12H,6,8H2. The molecule has 1 fully saturated rings. The number of esters is 2. The highest BCUT2D eigenvalue weighted by Crippen LogP contribution is 2.29. The fraction of sp³-hybridized carbons (Fsp3) is 0.200. The van der Waals surface area contributed by atoms with Crippen molar-refractivity contribution in [1.82, 2.24) is 0 Å². The van der Waals surface area contributed by atoms with Gasteiger partial charge in [-0.1, -0.05) is 30.3 Å². The third kappa shape index (κ3) is 2.44. The lowest BCUT2D eigenvalue weighted by atomic mass is 10.1. The molecule has 1 unspecified atom stereocenters. The second kappa shape index (κ2) is 5.46. The number of cyclic esters (lactones) is 1. The third-order valence-electron chi connectivity index (χ3n) is 3.07. The summed E-state index contributed by atoms with van der Waals surface area (Å²) >= 11 is 1.31. The van der Waals surface area contributed by atoms with Crippen LogP contribution in [-0.4, -0.2) is 24.6 Å². The van der Waals surface area contributed by atoms with Gasteiger partial charge >= 0.3 is 11.9 Å². The first-order valence-corrected chi connectivity index (χ1v) is 7.14. The van der Waals surface area contributed by atoms with Crippen LogP contribution in [-0.2, 0) is 14.3 Å². The molecule has 3 rings (SSSR count). The van der Waals surface area contributed by atoms with E-state index in [1.165, 1.54) is 11.3 Å². The van der Waals surface area contributed by atoms with Gasteiger partial charge < -0.3 is 9.47 Å². The number of hydrogen-bond acceptors (Lipinski definition) is 5. The van der Waals surface area contributed by atoms with E-state index in [0.29, 0.717) is 17.9 Å². The van der Waals surface area contributed by atoms with Gasteiger partial charge in [-0.15, -0.1) is 11.3 Å². The maximum Gasteiger partial charge on any atom is 0.349 e. The first-order chi connectivity index (χ1) is 9.75. The van der Waals surface area contributed by atoms with Gasteiger partial charge in [0.25, 0.3) is 0 Å². The Morgan fingerprint density at radius 2 is 2.05 bits per heavy atom. The molecule has 0 spiro atoms. The van der Waals surface area contributed by atoms with Crippen LogP contribution in [0, 0.1) is 0 Å². The van der Waals surface area contributed by atoms with E-state index in [-0.39, 0.29) is 0 Å². The van der Waals surface area contributed by atoms with E-state index in [9.17, 15) is 9.59 Å². The van der Waals surface area contributed by atoms with E-state index >= 15 is 0 Å². The zero-order valence-corrected chi connectivity index (χ0v) is 11.4. The second-order valence-corrected chi connectivity index (χ2v) is 5.30. The van der Waals surface area contributed by atoms with E-state index in [1.54, 1.807) is 0 Å². The van der Waals surface area contributed by atoms with Crippen LogP contribution >= 0.6 is 11.3 Å². The molecule has 1 aliphatic rings. The fourth-order valence-corrected chi connectivity index (χ4v) is 2.88. The van der Waals surface area contributed by atoms with Crippen molar-refractivity contribution in [1.29, 1.82) is 0 Å². The van der Waals surface area contributed by atoms with Crippen LogP contribution in [0.2, 0.25) is 0 Å². The van der Waals surface area contributed by atoms with Crippen molar-refractivity contribution in [2.45, 2.75) is 12.5 Å². The quantitative estimate of drug-likeness (QED) is 0.815. The van der Waals surface area contributed by atoms with Gasteiger partial charge in [0, 0.05) is 12.0 Å². The van der Waals surface area contributed by atoms with Gasteiger partial charge in [-0.05, 0) is 17.0 Å². The van der Waals surface area contributed by atoms with Crippen molar-refractivity contribution in [3.8, 4) is 11.1 Å². The lowest BCUT2D eigenvalue weighted by Crippen LogP contribution is -2.22. The zero-order valence-electron chi connectivity index (χ0n) is 10.6. The summed E-state index contributed by atoms with van der Waals surface area (Å²) in [6, 6.07) is 11.5. The van der Waals surface area contributed by atoms with Crippen LogP contribution in [0.3, 0.4) is 0 Å². The number of ether oxygens (including phenoxy) is 2. The Morgan fingerprint density at radius 3 is 2.75 bits per heavy atom. The summed E-state index contributed by atoms with van der Waals surface area (Å²) in [5.74, 6) is -0.932. The van der Waals surface area contributed by atoms with Gasteiger partial charge in [0.1, 0.15) is 4.88 Å². The van der Waals surface area contributed by atoms with Crippen LogP contribution in [0.15, 0.2) is 41.8 Å². The monoisotopic (exact) mass is 288 g/mol. The van der Waals surface area contributed by atoms with Crippen LogP contribution in [0.4, 0.5) is 0 Å². The Labute approximate surface area is 119 Å². The topological polar surface area (TPSA) is 52.6 Å². The predicted molar refractivity (Wildman–Crippen MR) is 74.5 cm³/mol. The van der Waals surface area contributed by atoms with Gasteiger partial charge in [0.15, 0.2) is 0 Å². The summed E-state index contributed by atoms with van der Waals surface area (Å²) in [6.45, 7) is 0.312. The number of benzene rings is 1. The van der Waals surface area contributed by atoms with Gasteiger partial charge in [-0.3, -0.25) is 0 Å². The van der Waals surface area contributed by atoms with Crippen LogP contribution < -0.4 is 0 Å². The molecule has 2 aromatic rings. The highest BCUT2D eigenvalue weighted by Gasteiger charge is 2.31. The maximum atomic E-state index is 12.2. The molecule has 102 valence electrons. The number of rotatable bonds is 3. The van der Waals surface area contributed by atoms with Crippen molar-refractivity contribution in [2.24, 2.45) is 0 Å². The highest BCUT2D eigenvalue weighted by atomic mass is 32.1. The third-order valence-corrected chi connectivity index (χ3v) is 3.97. The first kappa shape index (κ1) is 12.9. The van der Waals surface area contributed by atoms with E-state index in [4.69, 9.17) is 9.47 Å². The van der Waals surface area contributed by atoms with Crippen LogP contribution in [0.1, 0.15) is 16.1 Å². The summed E-state index contributed by atoms with van der Waals surface area (Å²) in [6.07, 6.45) is -0.343. The summed E-state index contributed by atoms with van der Waals surface area (Å²) in [5, 5.41) is 1.84. The van der Waals surface area contributed by atoms with E-state index < -0.39 is 18.0 Å². The van der Waals surface area contributed by atoms with Gasteiger partial charge in [-0.2, -0.15) is 0 Å². The van der Waals surface area contributed by atoms with E-state index in [2.05, 4.69) is 0 Å². The minimum Gasteiger partial charge on any atom is -0.463 e. The van der Waals surface area contributed by atoms with Gasteiger partial charge in [0.05, 0.1) is 6.61 Å². The number of carbonyl (C=O) groups excluding carboxylic acids is 2. The molecule has 0 N–H and O–H groups in total. The average molecular weight is 288 g/mol. The largest absolute Gasteiger partial charge is 0.463 e. The zero-order chi connectivity index (χ0) is 13.9. The lowest BCUT2D eigenvalue weighted by Gasteiger charge is -2.08. The minimum absolute atomic E-state index is 0.312. The summed E-state index contributed by atoms with van der Waals surface area (Å²) < 4.78 is 10.0. The fourth-order valence-electron chi connectivity index (χ4n) is 2.08. The normalized spacial score (nSPS) is 17.8. The highest BCUT2D eigenvalue weighted by molar-refractivity contribution is 7.12. The summed E-state index contributed by atoms with van der Waals surface area (Å²) in [7, 11) is 0. The Kier molecular flexibility index (Phi) is 3.52. The number of hydrogen-bond donors (Lipinski definition) is 0. The Balaban J connectivity index is 1.83. The molecule has 4 nitrogen and oxygen atoms in total. The smallest absolute Gasteiger partial charge is 0.349 e. The molecule has 0 saturated carbocycles. The average Bonchev–Trinajstić information content (AvgIpc) is 3.09. The van der Waals surface area contributed by atoms with Crippen molar-refractivity contribution in [3.05, 3.63) is 46.7 Å².